The highest BCUT2D eigenvalue weighted by Crippen LogP contribution is 2.27. The number of nitro benzene ring substituents is 1. The predicted molar refractivity (Wildman–Crippen MR) is 90.8 cm³/mol. The van der Waals surface area contributed by atoms with Gasteiger partial charge in [0.1, 0.15) is 11.4 Å². The molecule has 6 heteroatoms. The minimum atomic E-state index is -0.445. The molecule has 2 aromatic carbocycles. The van der Waals surface area contributed by atoms with E-state index < -0.39 is 4.92 Å². The zero-order chi connectivity index (χ0) is 16.1. The molecule has 0 bridgehead atoms. The molecule has 5 nitrogen and oxygen atoms in total. The van der Waals surface area contributed by atoms with E-state index in [0.29, 0.717) is 15.7 Å². The normalized spacial score (nSPS) is 11.4. The number of nitro groups is 1. The monoisotopic (exact) mass is 360 g/mol. The summed E-state index contributed by atoms with van der Waals surface area (Å²) in [6.07, 6.45) is 4.89. The molecule has 0 aliphatic heterocycles. The molecule has 22 heavy (non-hydrogen) atoms. The first-order chi connectivity index (χ1) is 10.5. The van der Waals surface area contributed by atoms with Crippen molar-refractivity contribution in [2.75, 3.05) is 0 Å². The number of aromatic hydroxyl groups is 1. The van der Waals surface area contributed by atoms with Gasteiger partial charge in [0.2, 0.25) is 0 Å². The Labute approximate surface area is 135 Å². The highest BCUT2D eigenvalue weighted by Gasteiger charge is 2.10. The summed E-state index contributed by atoms with van der Waals surface area (Å²) in [5.41, 5.74) is 2.12. The molecule has 0 unspecified atom stereocenters. The van der Waals surface area contributed by atoms with Gasteiger partial charge in [-0.25, -0.2) is 0 Å². The SMILES string of the molecule is Cc1ccc(N=CC=Cc2ccc(Br)c([N+](=O)[O-])c2)c(O)c1. The summed E-state index contributed by atoms with van der Waals surface area (Å²) >= 11 is 3.14. The second kappa shape index (κ2) is 7.00. The second-order valence-corrected chi connectivity index (χ2v) is 5.45. The van der Waals surface area contributed by atoms with Crippen molar-refractivity contribution >= 4 is 39.6 Å². The zero-order valence-corrected chi connectivity index (χ0v) is 13.3. The lowest BCUT2D eigenvalue weighted by molar-refractivity contribution is -0.385. The average molecular weight is 361 g/mol. The summed E-state index contributed by atoms with van der Waals surface area (Å²) in [6.45, 7) is 1.88. The summed E-state index contributed by atoms with van der Waals surface area (Å²) < 4.78 is 0.438. The number of hydrogen-bond acceptors (Lipinski definition) is 4. The number of phenolic OH excluding ortho intramolecular Hbond substituents is 1. The van der Waals surface area contributed by atoms with Gasteiger partial charge in [-0.3, -0.25) is 15.1 Å². The van der Waals surface area contributed by atoms with Gasteiger partial charge in [-0.1, -0.05) is 18.2 Å². The fraction of sp³-hybridized carbons (Fsp3) is 0.0625. The molecule has 0 radical (unpaired) electrons. The maximum atomic E-state index is 10.9. The van der Waals surface area contributed by atoms with Crippen molar-refractivity contribution in [3.8, 4) is 5.75 Å². The number of rotatable bonds is 4. The summed E-state index contributed by atoms with van der Waals surface area (Å²) in [4.78, 5) is 14.5. The van der Waals surface area contributed by atoms with Crippen LogP contribution < -0.4 is 0 Å². The van der Waals surface area contributed by atoms with Crippen LogP contribution in [0, 0.1) is 17.0 Å². The number of hydrogen-bond donors (Lipinski definition) is 1. The summed E-state index contributed by atoms with van der Waals surface area (Å²) in [6, 6.07) is 10.1. The van der Waals surface area contributed by atoms with Crippen LogP contribution in [0.5, 0.6) is 5.75 Å². The Kier molecular flexibility index (Phi) is 5.06. The summed E-state index contributed by atoms with van der Waals surface area (Å²) in [5, 5.41) is 20.6. The Morgan fingerprint density at radius 2 is 2.05 bits per heavy atom. The molecule has 112 valence electrons. The topological polar surface area (TPSA) is 75.7 Å². The molecule has 2 rings (SSSR count). The molecule has 0 aromatic heterocycles. The molecular formula is C16H13BrN2O3. The Morgan fingerprint density at radius 1 is 1.27 bits per heavy atom. The lowest BCUT2D eigenvalue weighted by Crippen LogP contribution is -1.89. The van der Waals surface area contributed by atoms with E-state index in [4.69, 9.17) is 0 Å². The van der Waals surface area contributed by atoms with Crippen molar-refractivity contribution < 1.29 is 10.0 Å². The third-order valence-corrected chi connectivity index (χ3v) is 3.56. The van der Waals surface area contributed by atoms with Gasteiger partial charge in [-0.15, -0.1) is 0 Å². The van der Waals surface area contributed by atoms with Crippen LogP contribution in [0.15, 0.2) is 51.9 Å². The van der Waals surface area contributed by atoms with E-state index in [2.05, 4.69) is 20.9 Å². The number of halogens is 1. The van der Waals surface area contributed by atoms with Gasteiger partial charge in [0.25, 0.3) is 5.69 Å². The van der Waals surface area contributed by atoms with E-state index in [1.165, 1.54) is 12.3 Å². The lowest BCUT2D eigenvalue weighted by atomic mass is 10.2. The fourth-order valence-electron chi connectivity index (χ4n) is 1.79. The van der Waals surface area contributed by atoms with Crippen LogP contribution in [0.3, 0.4) is 0 Å². The van der Waals surface area contributed by atoms with E-state index in [-0.39, 0.29) is 11.4 Å². The Hall–Kier alpha value is -2.47. The molecule has 0 spiro atoms. The van der Waals surface area contributed by atoms with E-state index >= 15 is 0 Å². The number of phenols is 1. The van der Waals surface area contributed by atoms with Crippen LogP contribution in [-0.4, -0.2) is 16.2 Å². The number of benzene rings is 2. The predicted octanol–water partition coefficient (Wildman–Crippen LogP) is 4.79. The third kappa shape index (κ3) is 4.02. The van der Waals surface area contributed by atoms with Gasteiger partial charge < -0.3 is 5.11 Å². The molecular weight excluding hydrogens is 348 g/mol. The van der Waals surface area contributed by atoms with Crippen LogP contribution in [0.4, 0.5) is 11.4 Å². The van der Waals surface area contributed by atoms with Gasteiger partial charge in [-0.05, 0) is 58.3 Å². The van der Waals surface area contributed by atoms with E-state index in [9.17, 15) is 15.2 Å². The summed E-state index contributed by atoms with van der Waals surface area (Å²) in [7, 11) is 0. The Morgan fingerprint density at radius 3 is 2.73 bits per heavy atom. The maximum absolute atomic E-state index is 10.9. The van der Waals surface area contributed by atoms with Crippen LogP contribution in [0.1, 0.15) is 11.1 Å². The van der Waals surface area contributed by atoms with Crippen molar-refractivity contribution in [2.24, 2.45) is 4.99 Å². The molecule has 0 heterocycles. The fourth-order valence-corrected chi connectivity index (χ4v) is 2.18. The molecule has 0 fully saturated rings. The van der Waals surface area contributed by atoms with Crippen LogP contribution in [0.2, 0.25) is 0 Å². The minimum Gasteiger partial charge on any atom is -0.506 e. The molecule has 2 aromatic rings. The zero-order valence-electron chi connectivity index (χ0n) is 11.7. The van der Waals surface area contributed by atoms with Gasteiger partial charge in [0.15, 0.2) is 0 Å². The Balaban J connectivity index is 2.14. The number of aryl methyl sites for hydroxylation is 1. The highest BCUT2D eigenvalue weighted by atomic mass is 79.9. The first-order valence-corrected chi connectivity index (χ1v) is 7.21. The molecule has 0 atom stereocenters. The number of allylic oxidation sites excluding steroid dienone is 1. The van der Waals surface area contributed by atoms with Crippen molar-refractivity contribution in [3.63, 3.8) is 0 Å². The first-order valence-electron chi connectivity index (χ1n) is 6.41. The van der Waals surface area contributed by atoms with Crippen LogP contribution in [0.25, 0.3) is 6.08 Å². The smallest absolute Gasteiger partial charge is 0.284 e. The largest absolute Gasteiger partial charge is 0.506 e. The summed E-state index contributed by atoms with van der Waals surface area (Å²) in [5.74, 6) is 0.115. The molecule has 0 saturated heterocycles. The molecule has 0 aliphatic rings. The van der Waals surface area contributed by atoms with Gasteiger partial charge in [0, 0.05) is 12.3 Å². The molecule has 0 aliphatic carbocycles. The quantitative estimate of drug-likeness (QED) is 0.483. The van der Waals surface area contributed by atoms with Crippen molar-refractivity contribution in [2.45, 2.75) is 6.92 Å². The van der Waals surface area contributed by atoms with Crippen molar-refractivity contribution in [1.29, 1.82) is 0 Å². The maximum Gasteiger partial charge on any atom is 0.284 e. The van der Waals surface area contributed by atoms with E-state index in [0.717, 1.165) is 5.56 Å². The molecule has 0 saturated carbocycles. The molecule has 0 amide bonds. The van der Waals surface area contributed by atoms with Gasteiger partial charge in [-0.2, -0.15) is 0 Å². The van der Waals surface area contributed by atoms with E-state index in [1.807, 2.05) is 13.0 Å². The highest BCUT2D eigenvalue weighted by molar-refractivity contribution is 9.10. The minimum absolute atomic E-state index is 0.00951. The van der Waals surface area contributed by atoms with Crippen LogP contribution >= 0.6 is 15.9 Å². The average Bonchev–Trinajstić information content (AvgIpc) is 2.46. The van der Waals surface area contributed by atoms with Crippen LogP contribution in [-0.2, 0) is 0 Å². The third-order valence-electron chi connectivity index (χ3n) is 2.89. The first kappa shape index (κ1) is 15.9. The number of aliphatic imine (C=N–C) groups is 1. The molecule has 1 N–H and O–H groups in total. The van der Waals surface area contributed by atoms with E-state index in [1.54, 1.807) is 36.4 Å². The van der Waals surface area contributed by atoms with Gasteiger partial charge in [0.05, 0.1) is 9.40 Å². The lowest BCUT2D eigenvalue weighted by Gasteiger charge is -1.99. The van der Waals surface area contributed by atoms with Crippen molar-refractivity contribution in [1.82, 2.24) is 0 Å². The number of nitrogens with zero attached hydrogens (tertiary/aromatic N) is 2. The standard InChI is InChI=1S/C16H13BrN2O3/c1-11-4-7-14(16(20)9-11)18-8-2-3-12-5-6-13(17)15(10-12)19(21)22/h2-10,20H,1H3. The second-order valence-electron chi connectivity index (χ2n) is 4.60. The Bertz CT molecular complexity index is 770. The van der Waals surface area contributed by atoms with Crippen molar-refractivity contribution in [3.05, 3.63) is 68.2 Å². The van der Waals surface area contributed by atoms with Gasteiger partial charge >= 0.3 is 0 Å².